The smallest absolute Gasteiger partial charge is 0.0703 e. The predicted molar refractivity (Wildman–Crippen MR) is 67.8 cm³/mol. The molecule has 1 aliphatic rings. The summed E-state index contributed by atoms with van der Waals surface area (Å²) in [6, 6.07) is 10.7. The summed E-state index contributed by atoms with van der Waals surface area (Å²) in [4.78, 5) is 6.83. The molecule has 0 N–H and O–H groups in total. The molecule has 0 radical (unpaired) electrons. The number of anilines is 1. The molecule has 1 saturated heterocycles. The summed E-state index contributed by atoms with van der Waals surface area (Å²) in [7, 11) is 0. The van der Waals surface area contributed by atoms with E-state index in [0.29, 0.717) is 0 Å². The van der Waals surface area contributed by atoms with Gasteiger partial charge in [0, 0.05) is 30.4 Å². The highest BCUT2D eigenvalue weighted by atomic mass is 15.1. The van der Waals surface area contributed by atoms with E-state index in [0.717, 1.165) is 5.52 Å². The van der Waals surface area contributed by atoms with E-state index in [2.05, 4.69) is 34.1 Å². The van der Waals surface area contributed by atoms with Gasteiger partial charge in [-0.1, -0.05) is 6.07 Å². The van der Waals surface area contributed by atoms with Crippen molar-refractivity contribution in [1.29, 1.82) is 0 Å². The van der Waals surface area contributed by atoms with Gasteiger partial charge in [-0.2, -0.15) is 0 Å². The molecule has 0 atom stereocenters. The predicted octanol–water partition coefficient (Wildman–Crippen LogP) is 3.23. The van der Waals surface area contributed by atoms with E-state index >= 15 is 0 Å². The monoisotopic (exact) mass is 212 g/mol. The Morgan fingerprint density at radius 1 is 1.00 bits per heavy atom. The van der Waals surface area contributed by atoms with Crippen LogP contribution in [0.5, 0.6) is 0 Å². The molecule has 1 fully saturated rings. The molecule has 1 aromatic carbocycles. The third-order valence-corrected chi connectivity index (χ3v) is 3.31. The summed E-state index contributed by atoms with van der Waals surface area (Å²) in [5.41, 5.74) is 2.43. The summed E-state index contributed by atoms with van der Waals surface area (Å²) >= 11 is 0. The van der Waals surface area contributed by atoms with E-state index < -0.39 is 0 Å². The van der Waals surface area contributed by atoms with E-state index in [-0.39, 0.29) is 0 Å². The Balaban J connectivity index is 1.97. The molecule has 82 valence electrons. The molecule has 0 bridgehead atoms. The van der Waals surface area contributed by atoms with Crippen molar-refractivity contribution >= 4 is 16.6 Å². The number of fused-ring (bicyclic) bond motifs is 1. The number of pyridine rings is 1. The molecule has 0 spiro atoms. The molecular weight excluding hydrogens is 196 g/mol. The second kappa shape index (κ2) is 4.12. The van der Waals surface area contributed by atoms with Crippen LogP contribution in [0.4, 0.5) is 5.69 Å². The molecule has 0 unspecified atom stereocenters. The second-order valence-corrected chi connectivity index (χ2v) is 4.43. The van der Waals surface area contributed by atoms with Crippen LogP contribution in [0.15, 0.2) is 36.5 Å². The van der Waals surface area contributed by atoms with Crippen LogP contribution in [0.25, 0.3) is 10.9 Å². The van der Waals surface area contributed by atoms with Gasteiger partial charge in [0.05, 0.1) is 5.52 Å². The molecule has 0 amide bonds. The average Bonchev–Trinajstić information content (AvgIpc) is 2.39. The molecule has 16 heavy (non-hydrogen) atoms. The zero-order valence-corrected chi connectivity index (χ0v) is 9.39. The van der Waals surface area contributed by atoms with Crippen LogP contribution in [0.2, 0.25) is 0 Å². The Bertz CT molecular complexity index is 487. The summed E-state index contributed by atoms with van der Waals surface area (Å²) in [6.45, 7) is 2.40. The first-order valence-corrected chi connectivity index (χ1v) is 6.03. The van der Waals surface area contributed by atoms with Gasteiger partial charge in [0.1, 0.15) is 0 Å². The molecule has 2 aromatic rings. The van der Waals surface area contributed by atoms with Crippen molar-refractivity contribution < 1.29 is 0 Å². The Morgan fingerprint density at radius 3 is 2.75 bits per heavy atom. The van der Waals surface area contributed by atoms with Gasteiger partial charge in [0.25, 0.3) is 0 Å². The molecule has 2 nitrogen and oxygen atoms in total. The summed E-state index contributed by atoms with van der Waals surface area (Å²) < 4.78 is 0. The number of piperidine rings is 1. The molecule has 2 heterocycles. The van der Waals surface area contributed by atoms with E-state index in [9.17, 15) is 0 Å². The summed E-state index contributed by atoms with van der Waals surface area (Å²) in [5.74, 6) is 0. The van der Waals surface area contributed by atoms with Crippen molar-refractivity contribution in [3.8, 4) is 0 Å². The lowest BCUT2D eigenvalue weighted by atomic mass is 10.1. The maximum absolute atomic E-state index is 4.35. The minimum Gasteiger partial charge on any atom is -0.372 e. The number of aromatic nitrogens is 1. The summed E-state index contributed by atoms with van der Waals surface area (Å²) in [5, 5.41) is 1.24. The molecule has 0 aliphatic carbocycles. The standard InChI is InChI=1S/C14H16N2/c1-2-9-16(10-3-1)13-6-7-14-12(11-13)5-4-8-15-14/h4-8,11H,1-3,9-10H2. The van der Waals surface area contributed by atoms with E-state index in [1.165, 1.54) is 43.4 Å². The van der Waals surface area contributed by atoms with Crippen LogP contribution in [-0.2, 0) is 0 Å². The number of rotatable bonds is 1. The Hall–Kier alpha value is -1.57. The maximum atomic E-state index is 4.35. The first-order chi connectivity index (χ1) is 7.93. The summed E-state index contributed by atoms with van der Waals surface area (Å²) in [6.07, 6.45) is 5.88. The van der Waals surface area contributed by atoms with E-state index in [1.807, 2.05) is 12.3 Å². The number of nitrogens with zero attached hydrogens (tertiary/aromatic N) is 2. The van der Waals surface area contributed by atoms with Crippen molar-refractivity contribution in [3.63, 3.8) is 0 Å². The largest absolute Gasteiger partial charge is 0.372 e. The minimum absolute atomic E-state index is 1.09. The third-order valence-electron chi connectivity index (χ3n) is 3.31. The fraction of sp³-hybridized carbons (Fsp3) is 0.357. The van der Waals surface area contributed by atoms with Crippen LogP contribution >= 0.6 is 0 Å². The van der Waals surface area contributed by atoms with Crippen molar-refractivity contribution in [3.05, 3.63) is 36.5 Å². The van der Waals surface area contributed by atoms with Gasteiger partial charge >= 0.3 is 0 Å². The topological polar surface area (TPSA) is 16.1 Å². The lowest BCUT2D eigenvalue weighted by molar-refractivity contribution is 0.578. The van der Waals surface area contributed by atoms with Crippen molar-refractivity contribution in [2.75, 3.05) is 18.0 Å². The minimum atomic E-state index is 1.09. The molecular formula is C14H16N2. The molecule has 1 aliphatic heterocycles. The van der Waals surface area contributed by atoms with E-state index in [4.69, 9.17) is 0 Å². The molecule has 3 rings (SSSR count). The van der Waals surface area contributed by atoms with Gasteiger partial charge in [-0.3, -0.25) is 4.98 Å². The Kier molecular flexibility index (Phi) is 2.49. The van der Waals surface area contributed by atoms with Gasteiger partial charge < -0.3 is 4.90 Å². The fourth-order valence-corrected chi connectivity index (χ4v) is 2.41. The first-order valence-electron chi connectivity index (χ1n) is 6.03. The quantitative estimate of drug-likeness (QED) is 0.721. The highest BCUT2D eigenvalue weighted by molar-refractivity contribution is 5.82. The van der Waals surface area contributed by atoms with Crippen LogP contribution in [0.1, 0.15) is 19.3 Å². The van der Waals surface area contributed by atoms with Gasteiger partial charge in [0.2, 0.25) is 0 Å². The Labute approximate surface area is 95.9 Å². The fourth-order valence-electron chi connectivity index (χ4n) is 2.41. The zero-order valence-electron chi connectivity index (χ0n) is 9.39. The van der Waals surface area contributed by atoms with Crippen molar-refractivity contribution in [1.82, 2.24) is 4.98 Å². The van der Waals surface area contributed by atoms with Crippen molar-refractivity contribution in [2.45, 2.75) is 19.3 Å². The molecule has 2 heteroatoms. The lowest BCUT2D eigenvalue weighted by Crippen LogP contribution is -2.29. The van der Waals surface area contributed by atoms with Crippen LogP contribution in [0.3, 0.4) is 0 Å². The van der Waals surface area contributed by atoms with Crippen LogP contribution in [-0.4, -0.2) is 18.1 Å². The molecule has 0 saturated carbocycles. The highest BCUT2D eigenvalue weighted by Crippen LogP contribution is 2.23. The van der Waals surface area contributed by atoms with Gasteiger partial charge in [-0.25, -0.2) is 0 Å². The van der Waals surface area contributed by atoms with Crippen LogP contribution in [0, 0.1) is 0 Å². The zero-order chi connectivity index (χ0) is 10.8. The lowest BCUT2D eigenvalue weighted by Gasteiger charge is -2.28. The Morgan fingerprint density at radius 2 is 1.88 bits per heavy atom. The van der Waals surface area contributed by atoms with Gasteiger partial charge in [0.15, 0.2) is 0 Å². The molecule has 1 aromatic heterocycles. The number of hydrogen-bond donors (Lipinski definition) is 0. The second-order valence-electron chi connectivity index (χ2n) is 4.43. The average molecular weight is 212 g/mol. The van der Waals surface area contributed by atoms with Gasteiger partial charge in [-0.05, 0) is 43.5 Å². The maximum Gasteiger partial charge on any atom is 0.0703 e. The number of hydrogen-bond acceptors (Lipinski definition) is 2. The third kappa shape index (κ3) is 1.75. The van der Waals surface area contributed by atoms with Gasteiger partial charge in [-0.15, -0.1) is 0 Å². The number of benzene rings is 1. The first kappa shape index (κ1) is 9.64. The SMILES string of the molecule is c1cnc2ccc(N3CCCCC3)cc2c1. The normalized spacial score (nSPS) is 16.6. The van der Waals surface area contributed by atoms with E-state index in [1.54, 1.807) is 0 Å². The van der Waals surface area contributed by atoms with Crippen LogP contribution < -0.4 is 4.90 Å². The van der Waals surface area contributed by atoms with Crippen molar-refractivity contribution in [2.24, 2.45) is 0 Å². The highest BCUT2D eigenvalue weighted by Gasteiger charge is 2.10.